The van der Waals surface area contributed by atoms with E-state index in [1.165, 1.54) is 12.2 Å². The summed E-state index contributed by atoms with van der Waals surface area (Å²) < 4.78 is 30.8. The average Bonchev–Trinajstić information content (AvgIpc) is 2.37. The number of hydrogen-bond donors (Lipinski definition) is 1. The van der Waals surface area contributed by atoms with Crippen LogP contribution >= 0.6 is 7.60 Å². The third-order valence-corrected chi connectivity index (χ3v) is 3.77. The Bertz CT molecular complexity index is 294. The number of hydrogen-bond acceptors (Lipinski definition) is 7. The average molecular weight is 268 g/mol. The quantitative estimate of drug-likeness (QED) is 0.390. The van der Waals surface area contributed by atoms with Crippen LogP contribution < -0.4 is 0 Å². The van der Waals surface area contributed by atoms with Gasteiger partial charge in [0, 0.05) is 14.2 Å². The summed E-state index contributed by atoms with van der Waals surface area (Å²) in [5.41, 5.74) is 0. The van der Waals surface area contributed by atoms with Crippen LogP contribution in [0.15, 0.2) is 12.2 Å². The summed E-state index contributed by atoms with van der Waals surface area (Å²) >= 11 is 0. The number of rotatable bonds is 8. The zero-order valence-electron chi connectivity index (χ0n) is 9.99. The molecule has 0 spiro atoms. The number of aliphatic hydroxyl groups is 1. The van der Waals surface area contributed by atoms with Gasteiger partial charge in [0.2, 0.25) is 0 Å². The van der Waals surface area contributed by atoms with Crippen molar-refractivity contribution in [2.24, 2.45) is 0 Å². The minimum Gasteiger partial charge on any atom is -0.467 e. The Hall–Kier alpha value is -0.720. The van der Waals surface area contributed by atoms with Crippen LogP contribution in [0.5, 0.6) is 0 Å². The fraction of sp³-hybridized carbons (Fsp3) is 0.667. The van der Waals surface area contributed by atoms with E-state index in [1.54, 1.807) is 0 Å². The lowest BCUT2D eigenvalue weighted by Crippen LogP contribution is -2.27. The van der Waals surface area contributed by atoms with Crippen molar-refractivity contribution in [1.82, 2.24) is 0 Å². The molecular weight excluding hydrogens is 251 g/mol. The Morgan fingerprint density at radius 1 is 1.29 bits per heavy atom. The zero-order chi connectivity index (χ0) is 13.3. The van der Waals surface area contributed by atoms with Gasteiger partial charge in [-0.15, -0.1) is 0 Å². The van der Waals surface area contributed by atoms with Crippen LogP contribution in [0.4, 0.5) is 0 Å². The number of esters is 1. The molecule has 0 aromatic rings. The molecule has 7 nitrogen and oxygen atoms in total. The van der Waals surface area contributed by atoms with Crippen molar-refractivity contribution in [3.05, 3.63) is 12.2 Å². The molecule has 0 aliphatic rings. The highest BCUT2D eigenvalue weighted by molar-refractivity contribution is 7.55. The predicted molar refractivity (Wildman–Crippen MR) is 59.6 cm³/mol. The van der Waals surface area contributed by atoms with E-state index in [1.807, 2.05) is 0 Å². The SMILES string of the molecule is COC(=O)C(OCC=CCO)P(=O)(OC)OC. The van der Waals surface area contributed by atoms with Gasteiger partial charge in [-0.1, -0.05) is 12.2 Å². The lowest BCUT2D eigenvalue weighted by atomic mass is 10.5. The Morgan fingerprint density at radius 2 is 1.88 bits per heavy atom. The molecule has 8 heteroatoms. The molecule has 0 radical (unpaired) electrons. The van der Waals surface area contributed by atoms with Crippen LogP contribution in [-0.2, 0) is 27.9 Å². The molecule has 1 atom stereocenters. The number of carbonyl (C=O) groups is 1. The largest absolute Gasteiger partial charge is 0.467 e. The molecule has 0 bridgehead atoms. The van der Waals surface area contributed by atoms with Gasteiger partial charge < -0.3 is 23.6 Å². The molecule has 17 heavy (non-hydrogen) atoms. The van der Waals surface area contributed by atoms with E-state index in [-0.39, 0.29) is 13.2 Å². The third-order valence-electron chi connectivity index (χ3n) is 1.82. The lowest BCUT2D eigenvalue weighted by Gasteiger charge is -2.21. The highest BCUT2D eigenvalue weighted by Crippen LogP contribution is 2.52. The van der Waals surface area contributed by atoms with Gasteiger partial charge in [0.25, 0.3) is 5.85 Å². The summed E-state index contributed by atoms with van der Waals surface area (Å²) in [6.45, 7) is -0.185. The number of aliphatic hydroxyl groups excluding tert-OH is 1. The van der Waals surface area contributed by atoms with Crippen molar-refractivity contribution in [1.29, 1.82) is 0 Å². The van der Waals surface area contributed by atoms with Crippen LogP contribution in [0.25, 0.3) is 0 Å². The summed E-state index contributed by atoms with van der Waals surface area (Å²) in [5.74, 6) is -2.31. The summed E-state index contributed by atoms with van der Waals surface area (Å²) in [6.07, 6.45) is 2.88. The second-order valence-corrected chi connectivity index (χ2v) is 5.05. The smallest absolute Gasteiger partial charge is 0.370 e. The van der Waals surface area contributed by atoms with Crippen molar-refractivity contribution >= 4 is 13.6 Å². The standard InChI is InChI=1S/C9H17O7P/c1-13-8(11)9(16-7-5-4-6-10)17(12,14-2)15-3/h4-5,9-10H,6-7H2,1-3H3. The van der Waals surface area contributed by atoms with Crippen LogP contribution in [0.1, 0.15) is 0 Å². The fourth-order valence-electron chi connectivity index (χ4n) is 0.945. The maximum absolute atomic E-state index is 12.0. The molecule has 0 amide bonds. The van der Waals surface area contributed by atoms with Gasteiger partial charge in [-0.2, -0.15) is 0 Å². The van der Waals surface area contributed by atoms with Crippen molar-refractivity contribution in [3.63, 3.8) is 0 Å². The summed E-state index contributed by atoms with van der Waals surface area (Å²) in [7, 11) is -0.277. The van der Waals surface area contributed by atoms with E-state index in [9.17, 15) is 9.36 Å². The summed E-state index contributed by atoms with van der Waals surface area (Å²) in [5, 5.41) is 8.50. The van der Waals surface area contributed by atoms with E-state index < -0.39 is 19.4 Å². The molecule has 100 valence electrons. The Labute approximate surface area is 99.8 Å². The van der Waals surface area contributed by atoms with E-state index in [0.717, 1.165) is 21.3 Å². The molecule has 0 aliphatic carbocycles. The molecule has 0 saturated heterocycles. The van der Waals surface area contributed by atoms with Gasteiger partial charge in [0.05, 0.1) is 20.3 Å². The van der Waals surface area contributed by atoms with Gasteiger partial charge in [0.15, 0.2) is 0 Å². The molecule has 0 aromatic heterocycles. The first-order valence-corrected chi connectivity index (χ1v) is 6.33. The number of methoxy groups -OCH3 is 1. The summed E-state index contributed by atoms with van der Waals surface area (Å²) in [4.78, 5) is 11.4. The number of carbonyl (C=O) groups excluding carboxylic acids is 1. The Balaban J connectivity index is 4.70. The number of ether oxygens (including phenoxy) is 2. The first-order chi connectivity index (χ1) is 8.05. The topological polar surface area (TPSA) is 91.3 Å². The van der Waals surface area contributed by atoms with Crippen molar-refractivity contribution in [2.45, 2.75) is 5.85 Å². The molecule has 0 aliphatic heterocycles. The molecule has 0 fully saturated rings. The maximum atomic E-state index is 12.0. The van der Waals surface area contributed by atoms with Crippen molar-refractivity contribution in [3.8, 4) is 0 Å². The first-order valence-electron chi connectivity index (χ1n) is 4.72. The molecule has 0 rings (SSSR count). The van der Waals surface area contributed by atoms with Crippen LogP contribution in [0.2, 0.25) is 0 Å². The van der Waals surface area contributed by atoms with E-state index in [4.69, 9.17) is 9.84 Å². The second kappa shape index (κ2) is 8.38. The zero-order valence-corrected chi connectivity index (χ0v) is 10.9. The Kier molecular flexibility index (Phi) is 8.03. The summed E-state index contributed by atoms with van der Waals surface area (Å²) in [6, 6.07) is 0. The van der Waals surface area contributed by atoms with Crippen LogP contribution in [-0.4, -0.2) is 51.5 Å². The minimum atomic E-state index is -3.71. The van der Waals surface area contributed by atoms with Crippen LogP contribution in [0.3, 0.4) is 0 Å². The monoisotopic (exact) mass is 268 g/mol. The van der Waals surface area contributed by atoms with E-state index in [0.29, 0.717) is 0 Å². The van der Waals surface area contributed by atoms with E-state index in [2.05, 4.69) is 13.8 Å². The molecule has 1 unspecified atom stereocenters. The van der Waals surface area contributed by atoms with Crippen molar-refractivity contribution in [2.75, 3.05) is 34.5 Å². The van der Waals surface area contributed by atoms with Gasteiger partial charge >= 0.3 is 13.6 Å². The van der Waals surface area contributed by atoms with E-state index >= 15 is 0 Å². The highest BCUT2D eigenvalue weighted by Gasteiger charge is 2.41. The third kappa shape index (κ3) is 4.97. The van der Waals surface area contributed by atoms with Crippen LogP contribution in [0, 0.1) is 0 Å². The molecule has 0 saturated carbocycles. The molecule has 1 N–H and O–H groups in total. The highest BCUT2D eigenvalue weighted by atomic mass is 31.2. The van der Waals surface area contributed by atoms with Crippen molar-refractivity contribution < 1.29 is 33.0 Å². The van der Waals surface area contributed by atoms with Gasteiger partial charge in [0.1, 0.15) is 0 Å². The first kappa shape index (κ1) is 16.3. The maximum Gasteiger partial charge on any atom is 0.370 e. The van der Waals surface area contributed by atoms with Gasteiger partial charge in [-0.05, 0) is 0 Å². The predicted octanol–water partition coefficient (Wildman–Crippen LogP) is 0.536. The fourth-order valence-corrected chi connectivity index (χ4v) is 2.11. The normalized spacial score (nSPS) is 13.9. The second-order valence-electron chi connectivity index (χ2n) is 2.77. The Morgan fingerprint density at radius 3 is 2.29 bits per heavy atom. The van der Waals surface area contributed by atoms with Gasteiger partial charge in [-0.25, -0.2) is 4.79 Å². The minimum absolute atomic E-state index is 0.0307. The van der Waals surface area contributed by atoms with Gasteiger partial charge in [-0.3, -0.25) is 4.57 Å². The molecular formula is C9H17O7P. The molecule has 0 aromatic carbocycles. The lowest BCUT2D eigenvalue weighted by molar-refractivity contribution is -0.149. The molecule has 0 heterocycles.